The number of carbonyl (C=O) groups excluding carboxylic acids is 1. The van der Waals surface area contributed by atoms with Crippen molar-refractivity contribution in [2.45, 2.75) is 38.3 Å². The Morgan fingerprint density at radius 3 is 2.95 bits per heavy atom. The molecule has 2 fully saturated rings. The molecule has 2 atom stereocenters. The number of likely N-dealkylation sites (N-methyl/N-ethyl adjacent to an activating group) is 1. The predicted molar refractivity (Wildman–Crippen MR) is 83.6 cm³/mol. The highest BCUT2D eigenvalue weighted by Gasteiger charge is 2.38. The summed E-state index contributed by atoms with van der Waals surface area (Å²) in [5.74, 6) is 0.247. The topological polar surface area (TPSA) is 50.6 Å². The van der Waals surface area contributed by atoms with Crippen molar-refractivity contribution in [1.29, 1.82) is 0 Å². The SMILES string of the molecule is Cc1c(CCC(=O)N2CCOC3CCN(C)CC32)cnn1C. The number of hydrogen-bond donors (Lipinski definition) is 0. The molecule has 122 valence electrons. The Balaban J connectivity index is 1.62. The lowest BCUT2D eigenvalue weighted by Crippen LogP contribution is -2.60. The number of morpholine rings is 1. The number of fused-ring (bicyclic) bond motifs is 1. The minimum atomic E-state index is 0.217. The molecule has 2 unspecified atom stereocenters. The molecule has 1 aromatic heterocycles. The number of aryl methyl sites for hydroxylation is 2. The normalized spacial score (nSPS) is 26.0. The van der Waals surface area contributed by atoms with Gasteiger partial charge < -0.3 is 14.5 Å². The van der Waals surface area contributed by atoms with E-state index in [1.807, 2.05) is 24.9 Å². The van der Waals surface area contributed by atoms with E-state index in [4.69, 9.17) is 4.74 Å². The Kier molecular flexibility index (Phi) is 4.49. The van der Waals surface area contributed by atoms with Crippen LogP contribution in [0.2, 0.25) is 0 Å². The Morgan fingerprint density at radius 1 is 1.41 bits per heavy atom. The molecule has 3 heterocycles. The smallest absolute Gasteiger partial charge is 0.223 e. The average molecular weight is 306 g/mol. The molecule has 3 rings (SSSR count). The first kappa shape index (κ1) is 15.5. The van der Waals surface area contributed by atoms with Crippen molar-refractivity contribution >= 4 is 5.91 Å². The molecule has 0 N–H and O–H groups in total. The van der Waals surface area contributed by atoms with Crippen LogP contribution in [-0.2, 0) is 23.0 Å². The van der Waals surface area contributed by atoms with Crippen LogP contribution in [0, 0.1) is 6.92 Å². The van der Waals surface area contributed by atoms with Gasteiger partial charge in [-0.3, -0.25) is 9.48 Å². The van der Waals surface area contributed by atoms with Crippen LogP contribution in [0.5, 0.6) is 0 Å². The van der Waals surface area contributed by atoms with Crippen molar-refractivity contribution in [3.63, 3.8) is 0 Å². The van der Waals surface area contributed by atoms with Gasteiger partial charge in [-0.15, -0.1) is 0 Å². The highest BCUT2D eigenvalue weighted by atomic mass is 16.5. The average Bonchev–Trinajstić information content (AvgIpc) is 2.83. The minimum Gasteiger partial charge on any atom is -0.374 e. The summed E-state index contributed by atoms with van der Waals surface area (Å²) in [6.07, 6.45) is 4.43. The standard InChI is InChI=1S/C16H26N4O2/c1-12-13(10-17-19(12)3)4-5-16(21)20-8-9-22-15-6-7-18(2)11-14(15)20/h10,14-15H,4-9,11H2,1-3H3. The Bertz CT molecular complexity index is 542. The van der Waals surface area contributed by atoms with Crippen LogP contribution in [0.1, 0.15) is 24.1 Å². The summed E-state index contributed by atoms with van der Waals surface area (Å²) in [7, 11) is 4.05. The fourth-order valence-corrected chi connectivity index (χ4v) is 3.51. The van der Waals surface area contributed by atoms with E-state index in [1.54, 1.807) is 0 Å². The second kappa shape index (κ2) is 6.38. The highest BCUT2D eigenvalue weighted by Crippen LogP contribution is 2.23. The Morgan fingerprint density at radius 2 is 2.23 bits per heavy atom. The molecule has 22 heavy (non-hydrogen) atoms. The molecule has 6 nitrogen and oxygen atoms in total. The quantitative estimate of drug-likeness (QED) is 0.820. The van der Waals surface area contributed by atoms with Crippen LogP contribution in [-0.4, -0.2) is 70.9 Å². The molecule has 2 saturated heterocycles. The van der Waals surface area contributed by atoms with Gasteiger partial charge >= 0.3 is 0 Å². The van der Waals surface area contributed by atoms with Gasteiger partial charge in [-0.2, -0.15) is 5.10 Å². The molecule has 0 saturated carbocycles. The molecule has 6 heteroatoms. The lowest BCUT2D eigenvalue weighted by atomic mass is 9.98. The number of carbonyl (C=O) groups is 1. The van der Waals surface area contributed by atoms with Gasteiger partial charge in [0.15, 0.2) is 0 Å². The fraction of sp³-hybridized carbons (Fsp3) is 0.750. The van der Waals surface area contributed by atoms with Crippen LogP contribution in [0.3, 0.4) is 0 Å². The van der Waals surface area contributed by atoms with Crippen LogP contribution in [0.15, 0.2) is 6.20 Å². The van der Waals surface area contributed by atoms with Gasteiger partial charge in [0.2, 0.25) is 5.91 Å². The van der Waals surface area contributed by atoms with Crippen molar-refractivity contribution in [3.8, 4) is 0 Å². The molecule has 0 spiro atoms. The molecular weight excluding hydrogens is 280 g/mol. The number of ether oxygens (including phenoxy) is 1. The lowest BCUT2D eigenvalue weighted by molar-refractivity contribution is -0.151. The first-order valence-corrected chi connectivity index (χ1v) is 8.13. The summed E-state index contributed by atoms with van der Waals surface area (Å²) >= 11 is 0. The van der Waals surface area contributed by atoms with Crippen molar-refractivity contribution in [2.75, 3.05) is 33.3 Å². The van der Waals surface area contributed by atoms with Gasteiger partial charge in [0.05, 0.1) is 24.9 Å². The number of amides is 1. The van der Waals surface area contributed by atoms with Crippen molar-refractivity contribution in [1.82, 2.24) is 19.6 Å². The van der Waals surface area contributed by atoms with Crippen LogP contribution in [0.4, 0.5) is 0 Å². The largest absolute Gasteiger partial charge is 0.374 e. The fourth-order valence-electron chi connectivity index (χ4n) is 3.51. The molecule has 0 aromatic carbocycles. The van der Waals surface area contributed by atoms with Gasteiger partial charge in [-0.25, -0.2) is 0 Å². The summed E-state index contributed by atoms with van der Waals surface area (Å²) in [6.45, 7) is 5.41. The first-order valence-electron chi connectivity index (χ1n) is 8.13. The number of rotatable bonds is 3. The van der Waals surface area contributed by atoms with Crippen molar-refractivity contribution in [2.24, 2.45) is 7.05 Å². The van der Waals surface area contributed by atoms with Crippen LogP contribution in [0.25, 0.3) is 0 Å². The summed E-state index contributed by atoms with van der Waals surface area (Å²) < 4.78 is 7.72. The van der Waals surface area contributed by atoms with Gasteiger partial charge in [0, 0.05) is 38.8 Å². The molecular formula is C16H26N4O2. The van der Waals surface area contributed by atoms with Crippen molar-refractivity contribution < 1.29 is 9.53 Å². The molecule has 2 aliphatic rings. The van der Waals surface area contributed by atoms with E-state index in [0.717, 1.165) is 38.2 Å². The molecule has 2 aliphatic heterocycles. The number of nitrogens with zero attached hydrogens (tertiary/aromatic N) is 4. The summed E-state index contributed by atoms with van der Waals surface area (Å²) in [5.41, 5.74) is 2.31. The minimum absolute atomic E-state index is 0.217. The van der Waals surface area contributed by atoms with Gasteiger partial charge in [-0.1, -0.05) is 0 Å². The predicted octanol–water partition coefficient (Wildman–Crippen LogP) is 0.593. The second-order valence-electron chi connectivity index (χ2n) is 6.49. The maximum absolute atomic E-state index is 12.7. The summed E-state index contributed by atoms with van der Waals surface area (Å²) in [5, 5.41) is 4.25. The number of likely N-dealkylation sites (tertiary alicyclic amines) is 1. The third-order valence-electron chi connectivity index (χ3n) is 5.05. The van der Waals surface area contributed by atoms with Crippen molar-refractivity contribution in [3.05, 3.63) is 17.5 Å². The van der Waals surface area contributed by atoms with E-state index in [-0.39, 0.29) is 18.1 Å². The van der Waals surface area contributed by atoms with Gasteiger partial charge in [-0.05, 0) is 32.4 Å². The van der Waals surface area contributed by atoms with E-state index >= 15 is 0 Å². The monoisotopic (exact) mass is 306 g/mol. The Labute approximate surface area is 132 Å². The Hall–Kier alpha value is -1.40. The third kappa shape index (κ3) is 3.03. The zero-order chi connectivity index (χ0) is 15.7. The van der Waals surface area contributed by atoms with Crippen LogP contribution >= 0.6 is 0 Å². The zero-order valence-electron chi connectivity index (χ0n) is 13.8. The number of aromatic nitrogens is 2. The van der Waals surface area contributed by atoms with E-state index in [2.05, 4.69) is 21.9 Å². The summed E-state index contributed by atoms with van der Waals surface area (Å²) in [4.78, 5) is 17.0. The van der Waals surface area contributed by atoms with E-state index in [0.29, 0.717) is 13.0 Å². The zero-order valence-corrected chi connectivity index (χ0v) is 13.8. The van der Waals surface area contributed by atoms with E-state index < -0.39 is 0 Å². The molecule has 0 radical (unpaired) electrons. The number of piperidine rings is 1. The molecule has 0 aliphatic carbocycles. The second-order valence-corrected chi connectivity index (χ2v) is 6.49. The number of hydrogen-bond acceptors (Lipinski definition) is 4. The molecule has 1 aromatic rings. The third-order valence-corrected chi connectivity index (χ3v) is 5.05. The van der Waals surface area contributed by atoms with Crippen LogP contribution < -0.4 is 0 Å². The first-order chi connectivity index (χ1) is 10.6. The molecule has 1 amide bonds. The maximum atomic E-state index is 12.7. The van der Waals surface area contributed by atoms with Gasteiger partial charge in [0.25, 0.3) is 0 Å². The highest BCUT2D eigenvalue weighted by molar-refractivity contribution is 5.77. The lowest BCUT2D eigenvalue weighted by Gasteiger charge is -2.46. The maximum Gasteiger partial charge on any atom is 0.223 e. The van der Waals surface area contributed by atoms with E-state index in [9.17, 15) is 4.79 Å². The summed E-state index contributed by atoms with van der Waals surface area (Å²) in [6, 6.07) is 0.218. The molecule has 0 bridgehead atoms. The van der Waals surface area contributed by atoms with E-state index in [1.165, 1.54) is 5.56 Å². The van der Waals surface area contributed by atoms with Gasteiger partial charge in [0.1, 0.15) is 0 Å².